The summed E-state index contributed by atoms with van der Waals surface area (Å²) in [7, 11) is 0. The van der Waals surface area contributed by atoms with Crippen LogP contribution < -0.4 is 5.32 Å². The summed E-state index contributed by atoms with van der Waals surface area (Å²) in [5.74, 6) is 2.95. The second kappa shape index (κ2) is 10.7. The summed E-state index contributed by atoms with van der Waals surface area (Å²) in [4.78, 5) is 13.8. The molecule has 0 amide bonds. The predicted octanol–water partition coefficient (Wildman–Crippen LogP) is 7.55. The van der Waals surface area contributed by atoms with E-state index in [4.69, 9.17) is 4.98 Å². The number of aryl methyl sites for hydroxylation is 1. The number of aromatic nitrogens is 3. The Bertz CT molecular complexity index is 971. The summed E-state index contributed by atoms with van der Waals surface area (Å²) in [5.41, 5.74) is 5.53. The first-order valence-corrected chi connectivity index (χ1v) is 12.2. The third kappa shape index (κ3) is 6.15. The third-order valence-corrected chi connectivity index (χ3v) is 6.64. The van der Waals surface area contributed by atoms with Crippen molar-refractivity contribution in [1.29, 1.82) is 0 Å². The number of nitrogens with one attached hydrogen (secondary N) is 1. The van der Waals surface area contributed by atoms with Crippen molar-refractivity contribution in [3.05, 3.63) is 66.1 Å². The molecular formula is C28H36N4. The zero-order valence-electron chi connectivity index (χ0n) is 19.7. The molecule has 4 rings (SSSR count). The number of pyridine rings is 1. The van der Waals surface area contributed by atoms with Gasteiger partial charge in [0.1, 0.15) is 0 Å². The molecule has 0 unspecified atom stereocenters. The van der Waals surface area contributed by atoms with Crippen LogP contribution >= 0.6 is 0 Å². The maximum absolute atomic E-state index is 4.71. The molecule has 2 aromatic heterocycles. The van der Waals surface area contributed by atoms with Crippen molar-refractivity contribution in [1.82, 2.24) is 15.0 Å². The average Bonchev–Trinajstić information content (AvgIpc) is 2.81. The molecule has 4 heteroatoms. The minimum Gasteiger partial charge on any atom is -0.324 e. The lowest BCUT2D eigenvalue weighted by atomic mass is 9.79. The molecule has 168 valence electrons. The predicted molar refractivity (Wildman–Crippen MR) is 133 cm³/mol. The second-order valence-corrected chi connectivity index (χ2v) is 9.79. The number of anilines is 2. The molecule has 0 bridgehead atoms. The van der Waals surface area contributed by atoms with E-state index in [1.807, 2.05) is 12.3 Å². The number of nitrogens with zero attached hydrogens (tertiary/aromatic N) is 3. The average molecular weight is 429 g/mol. The van der Waals surface area contributed by atoms with Crippen molar-refractivity contribution in [2.45, 2.75) is 71.6 Å². The molecular weight excluding hydrogens is 392 g/mol. The van der Waals surface area contributed by atoms with E-state index >= 15 is 0 Å². The molecule has 1 aromatic carbocycles. The largest absolute Gasteiger partial charge is 0.324 e. The van der Waals surface area contributed by atoms with Gasteiger partial charge in [0.2, 0.25) is 5.95 Å². The van der Waals surface area contributed by atoms with Crippen molar-refractivity contribution in [2.24, 2.45) is 11.8 Å². The number of benzene rings is 1. The molecule has 1 N–H and O–H groups in total. The molecule has 1 fully saturated rings. The zero-order valence-corrected chi connectivity index (χ0v) is 19.7. The summed E-state index contributed by atoms with van der Waals surface area (Å²) in [5, 5.41) is 3.36. The van der Waals surface area contributed by atoms with E-state index in [2.05, 4.69) is 72.5 Å². The minimum absolute atomic E-state index is 0.614. The van der Waals surface area contributed by atoms with Gasteiger partial charge in [-0.15, -0.1) is 0 Å². The fraction of sp³-hybridized carbons (Fsp3) is 0.464. The topological polar surface area (TPSA) is 50.7 Å². The Kier molecular flexibility index (Phi) is 7.51. The van der Waals surface area contributed by atoms with Crippen LogP contribution in [0.4, 0.5) is 11.6 Å². The lowest BCUT2D eigenvalue weighted by Gasteiger charge is -2.26. The molecule has 1 saturated carbocycles. The molecule has 1 aliphatic carbocycles. The van der Waals surface area contributed by atoms with Gasteiger partial charge in [0.05, 0.1) is 5.69 Å². The molecule has 3 aromatic rings. The van der Waals surface area contributed by atoms with Gasteiger partial charge in [-0.25, -0.2) is 9.97 Å². The van der Waals surface area contributed by atoms with Crippen LogP contribution in [0.5, 0.6) is 0 Å². The Labute approximate surface area is 192 Å². The van der Waals surface area contributed by atoms with Gasteiger partial charge in [0, 0.05) is 29.3 Å². The van der Waals surface area contributed by atoms with Crippen LogP contribution in [0.1, 0.15) is 76.5 Å². The van der Waals surface area contributed by atoms with Crippen molar-refractivity contribution in [3.63, 3.8) is 0 Å². The summed E-state index contributed by atoms with van der Waals surface area (Å²) >= 11 is 0. The Morgan fingerprint density at radius 2 is 1.72 bits per heavy atom. The van der Waals surface area contributed by atoms with Crippen LogP contribution in [0.15, 0.2) is 54.9 Å². The van der Waals surface area contributed by atoms with Crippen molar-refractivity contribution in [2.75, 3.05) is 5.32 Å². The molecule has 1 aliphatic rings. The zero-order chi connectivity index (χ0) is 22.3. The Morgan fingerprint density at radius 1 is 0.938 bits per heavy atom. The summed E-state index contributed by atoms with van der Waals surface area (Å²) in [6.07, 6.45) is 12.5. The number of rotatable bonds is 8. The van der Waals surface area contributed by atoms with Gasteiger partial charge in [0.25, 0.3) is 0 Å². The molecule has 0 saturated heterocycles. The molecule has 0 radical (unpaired) electrons. The van der Waals surface area contributed by atoms with E-state index in [-0.39, 0.29) is 0 Å². The first kappa shape index (κ1) is 22.4. The first-order valence-electron chi connectivity index (χ1n) is 12.2. The van der Waals surface area contributed by atoms with Gasteiger partial charge in [-0.1, -0.05) is 52.2 Å². The fourth-order valence-corrected chi connectivity index (χ4v) is 4.56. The summed E-state index contributed by atoms with van der Waals surface area (Å²) in [6.45, 7) is 6.90. The second-order valence-electron chi connectivity index (χ2n) is 9.79. The maximum Gasteiger partial charge on any atom is 0.227 e. The van der Waals surface area contributed by atoms with Gasteiger partial charge in [-0.05, 0) is 79.3 Å². The summed E-state index contributed by atoms with van der Waals surface area (Å²) in [6, 6.07) is 15.0. The number of hydrogen-bond acceptors (Lipinski definition) is 4. The molecule has 0 aliphatic heterocycles. The van der Waals surface area contributed by atoms with Crippen LogP contribution in [0, 0.1) is 11.8 Å². The van der Waals surface area contributed by atoms with Gasteiger partial charge < -0.3 is 5.32 Å². The minimum atomic E-state index is 0.614. The maximum atomic E-state index is 4.71. The molecule has 2 heterocycles. The highest BCUT2D eigenvalue weighted by atomic mass is 15.1. The van der Waals surface area contributed by atoms with Crippen LogP contribution in [-0.4, -0.2) is 15.0 Å². The Hall–Kier alpha value is -2.75. The highest BCUT2D eigenvalue weighted by molar-refractivity contribution is 5.61. The van der Waals surface area contributed by atoms with E-state index < -0.39 is 0 Å². The lowest BCUT2D eigenvalue weighted by molar-refractivity contribution is 0.348. The van der Waals surface area contributed by atoms with Gasteiger partial charge in [-0.2, -0.15) is 0 Å². The fourth-order valence-electron chi connectivity index (χ4n) is 4.56. The standard InChI is InChI=1S/C28H36N4/c1-20(2)5-4-6-25-14-13-24(19-30-25)27-17-18-29-28(32-27)31-26-15-11-23(12-16-26)22-9-7-21(3)8-10-22/h11-22H,4-10H2,1-3H3,(H,29,31,32). The highest BCUT2D eigenvalue weighted by Crippen LogP contribution is 2.35. The van der Waals surface area contributed by atoms with Crippen molar-refractivity contribution >= 4 is 11.6 Å². The normalized spacial score (nSPS) is 18.6. The third-order valence-electron chi connectivity index (χ3n) is 6.64. The van der Waals surface area contributed by atoms with Crippen LogP contribution in [0.25, 0.3) is 11.3 Å². The van der Waals surface area contributed by atoms with Gasteiger partial charge in [-0.3, -0.25) is 4.98 Å². The molecule has 0 spiro atoms. The molecule has 32 heavy (non-hydrogen) atoms. The van der Waals surface area contributed by atoms with Crippen molar-refractivity contribution in [3.8, 4) is 11.3 Å². The monoisotopic (exact) mass is 428 g/mol. The van der Waals surface area contributed by atoms with E-state index in [1.165, 1.54) is 44.1 Å². The number of hydrogen-bond donors (Lipinski definition) is 1. The highest BCUT2D eigenvalue weighted by Gasteiger charge is 2.19. The molecule has 4 nitrogen and oxygen atoms in total. The smallest absolute Gasteiger partial charge is 0.227 e. The Balaban J connectivity index is 1.38. The molecule has 0 atom stereocenters. The SMILES string of the molecule is CC(C)CCCc1ccc(-c2ccnc(Nc3ccc(C4CCC(C)CC4)cc3)n2)cn1. The van der Waals surface area contributed by atoms with Gasteiger partial charge in [0.15, 0.2) is 0 Å². The quantitative estimate of drug-likeness (QED) is 0.402. The van der Waals surface area contributed by atoms with E-state index in [0.717, 1.165) is 40.9 Å². The van der Waals surface area contributed by atoms with Crippen LogP contribution in [0.3, 0.4) is 0 Å². The summed E-state index contributed by atoms with van der Waals surface area (Å²) < 4.78 is 0. The lowest BCUT2D eigenvalue weighted by Crippen LogP contribution is -2.10. The van der Waals surface area contributed by atoms with Gasteiger partial charge >= 0.3 is 0 Å². The Morgan fingerprint density at radius 3 is 2.41 bits per heavy atom. The van der Waals surface area contributed by atoms with E-state index in [0.29, 0.717) is 11.9 Å². The van der Waals surface area contributed by atoms with E-state index in [9.17, 15) is 0 Å². The first-order chi connectivity index (χ1) is 15.6. The van der Waals surface area contributed by atoms with Crippen molar-refractivity contribution < 1.29 is 0 Å². The van der Waals surface area contributed by atoms with E-state index in [1.54, 1.807) is 6.20 Å². The van der Waals surface area contributed by atoms with Crippen LogP contribution in [-0.2, 0) is 6.42 Å². The van der Waals surface area contributed by atoms with Crippen LogP contribution in [0.2, 0.25) is 0 Å².